The van der Waals surface area contributed by atoms with Crippen LogP contribution in [-0.2, 0) is 16.1 Å². The molecule has 9 heteroatoms. The second kappa shape index (κ2) is 9.73. The Hall–Kier alpha value is -2.91. The summed E-state index contributed by atoms with van der Waals surface area (Å²) in [6, 6.07) is 13.4. The fraction of sp³-hybridized carbons (Fsp3) is 0.333. The first kappa shape index (κ1) is 21.8. The molecule has 0 aliphatic carbocycles. The molecular formula is C21H24N4O4S. The molecule has 1 heterocycles. The third-order valence-electron chi connectivity index (χ3n) is 5.00. The van der Waals surface area contributed by atoms with Crippen LogP contribution in [0.25, 0.3) is 0 Å². The van der Waals surface area contributed by atoms with Crippen molar-refractivity contribution in [3.05, 3.63) is 64.2 Å². The molecule has 2 atom stereocenters. The average Bonchev–Trinajstić information content (AvgIpc) is 3.17. The Kier molecular flexibility index (Phi) is 7.07. The lowest BCUT2D eigenvalue weighted by molar-refractivity contribution is -0.384. The lowest BCUT2D eigenvalue weighted by atomic mass is 10.1. The lowest BCUT2D eigenvalue weighted by Gasteiger charge is -2.22. The van der Waals surface area contributed by atoms with Crippen molar-refractivity contribution in [2.24, 2.45) is 5.73 Å². The molecule has 8 nitrogen and oxygen atoms in total. The predicted molar refractivity (Wildman–Crippen MR) is 116 cm³/mol. The molecule has 30 heavy (non-hydrogen) atoms. The summed E-state index contributed by atoms with van der Waals surface area (Å²) in [5.41, 5.74) is 7.18. The number of carbonyl (C=O) groups excluding carboxylic acids is 2. The molecule has 0 aromatic heterocycles. The van der Waals surface area contributed by atoms with Gasteiger partial charge < -0.3 is 11.1 Å². The Morgan fingerprint density at radius 3 is 2.70 bits per heavy atom. The van der Waals surface area contributed by atoms with Crippen molar-refractivity contribution in [1.29, 1.82) is 0 Å². The minimum absolute atomic E-state index is 0.0184. The van der Waals surface area contributed by atoms with Gasteiger partial charge in [0.1, 0.15) is 0 Å². The highest BCUT2D eigenvalue weighted by Gasteiger charge is 2.28. The van der Waals surface area contributed by atoms with Crippen LogP contribution in [0.1, 0.15) is 25.3 Å². The first-order valence-corrected chi connectivity index (χ1v) is 10.6. The number of nitro groups is 1. The van der Waals surface area contributed by atoms with Gasteiger partial charge in [0, 0.05) is 29.3 Å². The summed E-state index contributed by atoms with van der Waals surface area (Å²) in [4.78, 5) is 37.3. The van der Waals surface area contributed by atoms with E-state index in [1.54, 1.807) is 19.1 Å². The number of amides is 2. The van der Waals surface area contributed by atoms with E-state index in [1.807, 2.05) is 24.3 Å². The predicted octanol–water partition coefficient (Wildman–Crippen LogP) is 3.16. The van der Waals surface area contributed by atoms with Gasteiger partial charge in [-0.1, -0.05) is 12.1 Å². The van der Waals surface area contributed by atoms with Crippen LogP contribution in [0.2, 0.25) is 0 Å². The molecule has 2 aromatic carbocycles. The van der Waals surface area contributed by atoms with Crippen LogP contribution in [0, 0.1) is 10.1 Å². The van der Waals surface area contributed by atoms with Gasteiger partial charge in [-0.3, -0.25) is 24.6 Å². The van der Waals surface area contributed by atoms with Crippen LogP contribution in [0.4, 0.5) is 11.4 Å². The fourth-order valence-corrected chi connectivity index (χ4v) is 4.33. The minimum atomic E-state index is -0.453. The zero-order valence-electron chi connectivity index (χ0n) is 16.6. The Morgan fingerprint density at radius 1 is 1.30 bits per heavy atom. The number of benzene rings is 2. The van der Waals surface area contributed by atoms with E-state index in [1.165, 1.54) is 23.9 Å². The van der Waals surface area contributed by atoms with Crippen molar-refractivity contribution in [1.82, 2.24) is 4.90 Å². The van der Waals surface area contributed by atoms with Gasteiger partial charge in [0.25, 0.3) is 5.69 Å². The van der Waals surface area contributed by atoms with Gasteiger partial charge in [-0.05, 0) is 56.1 Å². The van der Waals surface area contributed by atoms with E-state index in [2.05, 4.69) is 10.2 Å². The lowest BCUT2D eigenvalue weighted by Crippen LogP contribution is -2.39. The minimum Gasteiger partial charge on any atom is -0.368 e. The second-order valence-corrected chi connectivity index (χ2v) is 8.65. The number of hydrogen-bond acceptors (Lipinski definition) is 6. The summed E-state index contributed by atoms with van der Waals surface area (Å²) in [6.07, 6.45) is 1.73. The molecule has 0 saturated carbocycles. The maximum Gasteiger partial charge on any atom is 0.269 e. The molecule has 2 amide bonds. The van der Waals surface area contributed by atoms with Crippen LogP contribution in [-0.4, -0.2) is 39.5 Å². The van der Waals surface area contributed by atoms with E-state index >= 15 is 0 Å². The molecule has 1 saturated heterocycles. The first-order valence-electron chi connectivity index (χ1n) is 9.68. The number of nitrogens with one attached hydrogen (secondary N) is 1. The maximum atomic E-state index is 12.6. The van der Waals surface area contributed by atoms with Crippen molar-refractivity contribution < 1.29 is 14.5 Å². The summed E-state index contributed by atoms with van der Waals surface area (Å²) >= 11 is 1.33. The van der Waals surface area contributed by atoms with Crippen molar-refractivity contribution in [3.63, 3.8) is 0 Å². The molecule has 3 N–H and O–H groups in total. The van der Waals surface area contributed by atoms with Crippen LogP contribution >= 0.6 is 11.8 Å². The number of primary amides is 1. The van der Waals surface area contributed by atoms with Crippen LogP contribution < -0.4 is 11.1 Å². The van der Waals surface area contributed by atoms with E-state index in [0.29, 0.717) is 12.2 Å². The highest BCUT2D eigenvalue weighted by atomic mass is 32.2. The number of anilines is 1. The number of non-ortho nitro benzene ring substituents is 1. The van der Waals surface area contributed by atoms with E-state index in [4.69, 9.17) is 5.73 Å². The van der Waals surface area contributed by atoms with E-state index in [9.17, 15) is 19.7 Å². The third-order valence-corrected chi connectivity index (χ3v) is 6.11. The second-order valence-electron chi connectivity index (χ2n) is 7.23. The summed E-state index contributed by atoms with van der Waals surface area (Å²) in [7, 11) is 0. The number of carbonyl (C=O) groups is 2. The summed E-state index contributed by atoms with van der Waals surface area (Å²) < 4.78 is 0. The molecule has 2 aromatic rings. The highest BCUT2D eigenvalue weighted by molar-refractivity contribution is 8.00. The van der Waals surface area contributed by atoms with Gasteiger partial charge in [0.2, 0.25) is 11.8 Å². The molecule has 158 valence electrons. The van der Waals surface area contributed by atoms with Crippen molar-refractivity contribution in [2.45, 2.75) is 42.5 Å². The van der Waals surface area contributed by atoms with E-state index < -0.39 is 4.92 Å². The van der Waals surface area contributed by atoms with Crippen molar-refractivity contribution >= 4 is 35.0 Å². The Morgan fingerprint density at radius 2 is 2.03 bits per heavy atom. The highest BCUT2D eigenvalue weighted by Crippen LogP contribution is 2.26. The molecule has 2 unspecified atom stereocenters. The summed E-state index contributed by atoms with van der Waals surface area (Å²) in [5.74, 6) is -0.458. The Balaban J connectivity index is 1.59. The summed E-state index contributed by atoms with van der Waals surface area (Å²) in [6.45, 7) is 3.21. The molecule has 1 aliphatic rings. The van der Waals surface area contributed by atoms with Crippen LogP contribution in [0.15, 0.2) is 53.4 Å². The van der Waals surface area contributed by atoms with Gasteiger partial charge in [-0.15, -0.1) is 11.8 Å². The average molecular weight is 429 g/mol. The number of nitrogens with two attached hydrogens (primary N) is 1. The standard InChI is InChI=1S/C21H24N4O4S/c1-14(30-18-9-7-17(8-10-18)25(28)29)21(27)23-16-5-2-4-15(12-16)13-24-11-3-6-19(24)20(22)26/h2,4-5,7-10,12,14,19H,3,6,11,13H2,1H3,(H2,22,26)(H,23,27). The van der Waals surface area contributed by atoms with E-state index in [0.717, 1.165) is 29.8 Å². The molecule has 0 bridgehead atoms. The van der Waals surface area contributed by atoms with Crippen molar-refractivity contribution in [2.75, 3.05) is 11.9 Å². The number of thioether (sulfide) groups is 1. The number of likely N-dealkylation sites (tertiary alicyclic amines) is 1. The van der Waals surface area contributed by atoms with Gasteiger partial charge in [0.15, 0.2) is 0 Å². The SMILES string of the molecule is CC(Sc1ccc([N+](=O)[O-])cc1)C(=O)Nc1cccc(CN2CCCC2C(N)=O)c1. The maximum absolute atomic E-state index is 12.6. The van der Waals surface area contributed by atoms with Crippen molar-refractivity contribution in [3.8, 4) is 0 Å². The molecule has 0 radical (unpaired) electrons. The zero-order chi connectivity index (χ0) is 21.7. The van der Waals surface area contributed by atoms with Crippen LogP contribution in [0.5, 0.6) is 0 Å². The van der Waals surface area contributed by atoms with Gasteiger partial charge in [0.05, 0.1) is 16.2 Å². The topological polar surface area (TPSA) is 119 Å². The monoisotopic (exact) mass is 428 g/mol. The molecule has 1 aliphatic heterocycles. The number of nitro benzene ring substituents is 1. The number of hydrogen-bond donors (Lipinski definition) is 2. The Labute approximate surface area is 179 Å². The molecule has 1 fully saturated rings. The van der Waals surface area contributed by atoms with E-state index in [-0.39, 0.29) is 28.8 Å². The van der Waals surface area contributed by atoms with Gasteiger partial charge >= 0.3 is 0 Å². The normalized spacial score (nSPS) is 17.4. The number of rotatable bonds is 8. The van der Waals surface area contributed by atoms with Gasteiger partial charge in [-0.25, -0.2) is 0 Å². The zero-order valence-corrected chi connectivity index (χ0v) is 17.4. The summed E-state index contributed by atoms with van der Waals surface area (Å²) in [5, 5.41) is 13.3. The van der Waals surface area contributed by atoms with Gasteiger partial charge in [-0.2, -0.15) is 0 Å². The largest absolute Gasteiger partial charge is 0.368 e. The number of nitrogens with zero attached hydrogens (tertiary/aromatic N) is 2. The molecule has 3 rings (SSSR count). The molecule has 0 spiro atoms. The Bertz CT molecular complexity index is 935. The molecular weight excluding hydrogens is 404 g/mol. The smallest absolute Gasteiger partial charge is 0.269 e. The fourth-order valence-electron chi connectivity index (χ4n) is 3.47. The first-order chi connectivity index (χ1) is 14.3. The quantitative estimate of drug-likeness (QED) is 0.379. The van der Waals surface area contributed by atoms with Crippen LogP contribution in [0.3, 0.4) is 0 Å². The third kappa shape index (κ3) is 5.58.